The van der Waals surface area contributed by atoms with Crippen LogP contribution in [0.1, 0.15) is 6.42 Å². The largest absolute Gasteiger partial charge is 0.450 e. The van der Waals surface area contributed by atoms with E-state index in [0.29, 0.717) is 11.5 Å². The molecule has 0 bridgehead atoms. The number of hydrogen-bond acceptors (Lipinski definition) is 3. The lowest BCUT2D eigenvalue weighted by molar-refractivity contribution is 0.301. The molecule has 0 saturated heterocycles. The number of thiocarbonyl (C=S) groups is 1. The summed E-state index contributed by atoms with van der Waals surface area (Å²) in [4.78, 5) is 0. The second kappa shape index (κ2) is 4.85. The van der Waals surface area contributed by atoms with Crippen molar-refractivity contribution in [3.05, 3.63) is 30.3 Å². The van der Waals surface area contributed by atoms with Crippen LogP contribution < -0.4 is 4.74 Å². The molecule has 0 saturated carbocycles. The zero-order chi connectivity index (χ0) is 8.81. The third kappa shape index (κ3) is 2.98. The Labute approximate surface area is 76.8 Å². The van der Waals surface area contributed by atoms with E-state index >= 15 is 0 Å². The van der Waals surface area contributed by atoms with Gasteiger partial charge in [0.1, 0.15) is 5.75 Å². The Kier molecular flexibility index (Phi) is 3.70. The summed E-state index contributed by atoms with van der Waals surface area (Å²) in [5, 5.41) is 8.97. The minimum absolute atomic E-state index is 0.0334. The van der Waals surface area contributed by atoms with Crippen LogP contribution in [0.5, 0.6) is 5.75 Å². The van der Waals surface area contributed by atoms with Crippen LogP contribution in [0.3, 0.4) is 0 Å². The number of hydrogen-bond donors (Lipinski definition) is 1. The van der Waals surface area contributed by atoms with E-state index < -0.39 is 0 Å². The van der Waals surface area contributed by atoms with Crippen molar-refractivity contribution >= 4 is 17.3 Å². The summed E-state index contributed by atoms with van der Waals surface area (Å²) in [5.41, 5.74) is 0. The molecule has 0 heterocycles. The van der Waals surface area contributed by atoms with Gasteiger partial charge in [-0.25, -0.2) is 0 Å². The minimum Gasteiger partial charge on any atom is -0.450 e. The molecule has 0 aliphatic rings. The molecule has 0 aromatic heterocycles. The quantitative estimate of drug-likeness (QED) is 0.722. The number of aliphatic hydroxyl groups excluding tert-OH is 1. The van der Waals surface area contributed by atoms with Crippen LogP contribution in [0.2, 0.25) is 0 Å². The van der Waals surface area contributed by atoms with E-state index in [4.69, 9.17) is 22.1 Å². The van der Waals surface area contributed by atoms with Crippen LogP contribution in [0, 0.1) is 0 Å². The summed E-state index contributed by atoms with van der Waals surface area (Å²) in [6.07, 6.45) is 0.407. The second-order valence-electron chi connectivity index (χ2n) is 2.26. The summed E-state index contributed by atoms with van der Waals surface area (Å²) in [6.45, 7) is 0.0334. The first-order valence-electron chi connectivity index (χ1n) is 3.69. The summed E-state index contributed by atoms with van der Waals surface area (Å²) in [5.74, 6) is 0.718. The highest BCUT2D eigenvalue weighted by molar-refractivity contribution is 7.80. The fraction of sp³-hybridized carbons (Fsp3) is 0.222. The van der Waals surface area contributed by atoms with Gasteiger partial charge in [-0.1, -0.05) is 18.2 Å². The third-order valence-corrected chi connectivity index (χ3v) is 1.58. The van der Waals surface area contributed by atoms with Crippen LogP contribution in [0.25, 0.3) is 0 Å². The maximum Gasteiger partial charge on any atom is 0.169 e. The van der Waals surface area contributed by atoms with Crippen molar-refractivity contribution in [2.45, 2.75) is 6.42 Å². The average Bonchev–Trinajstić information content (AvgIpc) is 2.06. The molecule has 0 fully saturated rings. The molecule has 0 spiro atoms. The third-order valence-electron chi connectivity index (χ3n) is 1.29. The van der Waals surface area contributed by atoms with E-state index in [1.807, 2.05) is 30.3 Å². The van der Waals surface area contributed by atoms with Gasteiger partial charge in [0.15, 0.2) is 5.05 Å². The van der Waals surface area contributed by atoms with Crippen molar-refractivity contribution in [1.82, 2.24) is 0 Å². The summed E-state index contributed by atoms with van der Waals surface area (Å²) >= 11 is 4.85. The van der Waals surface area contributed by atoms with Crippen molar-refractivity contribution in [2.24, 2.45) is 0 Å². The van der Waals surface area contributed by atoms with Gasteiger partial charge in [-0.05, 0) is 24.4 Å². The minimum atomic E-state index is 0.0334. The van der Waals surface area contributed by atoms with Crippen LogP contribution in [-0.2, 0) is 0 Å². The van der Waals surface area contributed by atoms with Crippen LogP contribution in [0.15, 0.2) is 30.3 Å². The molecule has 1 aromatic carbocycles. The molecule has 0 amide bonds. The Morgan fingerprint density at radius 2 is 2.00 bits per heavy atom. The molecule has 0 aliphatic carbocycles. The van der Waals surface area contributed by atoms with Crippen molar-refractivity contribution < 1.29 is 9.84 Å². The first-order chi connectivity index (χ1) is 5.83. The van der Waals surface area contributed by atoms with Crippen molar-refractivity contribution in [1.29, 1.82) is 0 Å². The highest BCUT2D eigenvalue weighted by Crippen LogP contribution is 2.09. The molecule has 0 atom stereocenters. The normalized spacial score (nSPS) is 9.42. The zero-order valence-electron chi connectivity index (χ0n) is 6.56. The second-order valence-corrected chi connectivity index (χ2v) is 2.72. The summed E-state index contributed by atoms with van der Waals surface area (Å²) in [6, 6.07) is 9.29. The number of rotatable bonds is 3. The monoisotopic (exact) mass is 182 g/mol. The fourth-order valence-electron chi connectivity index (χ4n) is 0.762. The van der Waals surface area contributed by atoms with E-state index in [0.717, 1.165) is 5.75 Å². The molecule has 64 valence electrons. The molecule has 2 nitrogen and oxygen atoms in total. The molecule has 0 aliphatic heterocycles. The van der Waals surface area contributed by atoms with Gasteiger partial charge in [-0.2, -0.15) is 0 Å². The van der Waals surface area contributed by atoms with E-state index in [-0.39, 0.29) is 6.61 Å². The number of ether oxygens (including phenoxy) is 1. The summed E-state index contributed by atoms with van der Waals surface area (Å²) in [7, 11) is 0. The molecule has 0 radical (unpaired) electrons. The van der Waals surface area contributed by atoms with Crippen molar-refractivity contribution in [2.75, 3.05) is 6.61 Å². The SMILES string of the molecule is OCCC(=S)Oc1ccccc1. The van der Waals surface area contributed by atoms with Gasteiger partial charge in [0.25, 0.3) is 0 Å². The maximum absolute atomic E-state index is 8.55. The van der Waals surface area contributed by atoms with Gasteiger partial charge in [0, 0.05) is 6.42 Å². The Balaban J connectivity index is 2.47. The Bertz CT molecular complexity index is 246. The van der Waals surface area contributed by atoms with Gasteiger partial charge >= 0.3 is 0 Å². The Hall–Kier alpha value is -0.930. The van der Waals surface area contributed by atoms with Gasteiger partial charge in [-0.3, -0.25) is 0 Å². The highest BCUT2D eigenvalue weighted by atomic mass is 32.1. The molecule has 0 unspecified atom stereocenters. The molecule has 3 heteroatoms. The number of aliphatic hydroxyl groups is 1. The number of para-hydroxylation sites is 1. The topological polar surface area (TPSA) is 29.5 Å². The van der Waals surface area contributed by atoms with E-state index in [1.54, 1.807) is 0 Å². The van der Waals surface area contributed by atoms with E-state index in [2.05, 4.69) is 0 Å². The average molecular weight is 182 g/mol. The Morgan fingerprint density at radius 3 is 2.58 bits per heavy atom. The maximum atomic E-state index is 8.55. The fourth-order valence-corrected chi connectivity index (χ4v) is 0.950. The molecular weight excluding hydrogens is 172 g/mol. The number of benzene rings is 1. The van der Waals surface area contributed by atoms with Gasteiger partial charge in [0.05, 0.1) is 6.61 Å². The van der Waals surface area contributed by atoms with Crippen LogP contribution >= 0.6 is 12.2 Å². The molecule has 1 aromatic rings. The lowest BCUT2D eigenvalue weighted by Crippen LogP contribution is -2.06. The first-order valence-corrected chi connectivity index (χ1v) is 4.10. The smallest absolute Gasteiger partial charge is 0.169 e. The van der Waals surface area contributed by atoms with Gasteiger partial charge < -0.3 is 9.84 Å². The van der Waals surface area contributed by atoms with Gasteiger partial charge in [-0.15, -0.1) is 0 Å². The standard InChI is InChI=1S/C9H10O2S/c10-7-6-9(12)11-8-4-2-1-3-5-8/h1-5,10H,6-7H2. The lowest BCUT2D eigenvalue weighted by atomic mass is 10.3. The zero-order valence-corrected chi connectivity index (χ0v) is 7.38. The highest BCUT2D eigenvalue weighted by Gasteiger charge is 1.97. The van der Waals surface area contributed by atoms with Crippen LogP contribution in [0.4, 0.5) is 0 Å². The van der Waals surface area contributed by atoms with Gasteiger partial charge in [0.2, 0.25) is 0 Å². The van der Waals surface area contributed by atoms with E-state index in [9.17, 15) is 0 Å². The molecule has 1 N–H and O–H groups in total. The molecular formula is C9H10O2S. The van der Waals surface area contributed by atoms with E-state index in [1.165, 1.54) is 0 Å². The summed E-state index contributed by atoms with van der Waals surface area (Å²) < 4.78 is 5.23. The Morgan fingerprint density at radius 1 is 1.33 bits per heavy atom. The predicted molar refractivity (Wildman–Crippen MR) is 51.4 cm³/mol. The molecule has 1 rings (SSSR count). The predicted octanol–water partition coefficient (Wildman–Crippen LogP) is 1.78. The van der Waals surface area contributed by atoms with Crippen molar-refractivity contribution in [3.63, 3.8) is 0 Å². The van der Waals surface area contributed by atoms with Crippen LogP contribution in [-0.4, -0.2) is 16.8 Å². The first kappa shape index (κ1) is 9.16. The molecule has 12 heavy (non-hydrogen) atoms. The lowest BCUT2D eigenvalue weighted by Gasteiger charge is -2.04. The van der Waals surface area contributed by atoms with Crippen molar-refractivity contribution in [3.8, 4) is 5.75 Å².